The topological polar surface area (TPSA) is 81.2 Å². The maximum absolute atomic E-state index is 12.6. The summed E-state index contributed by atoms with van der Waals surface area (Å²) in [5, 5.41) is 8.23. The maximum Gasteiger partial charge on any atom is 0.241 e. The molecule has 0 amide bonds. The van der Waals surface area contributed by atoms with Crippen molar-refractivity contribution in [1.29, 1.82) is 0 Å². The van der Waals surface area contributed by atoms with E-state index in [-0.39, 0.29) is 13.2 Å². The van der Waals surface area contributed by atoms with Gasteiger partial charge in [0.05, 0.1) is 10.6 Å². The Bertz CT molecular complexity index is 1070. The second-order valence-electron chi connectivity index (χ2n) is 7.10. The Kier molecular flexibility index (Phi) is 6.30. The van der Waals surface area contributed by atoms with Crippen LogP contribution >= 0.6 is 0 Å². The number of benzene rings is 2. The molecule has 6 nitrogen and oxygen atoms in total. The molecule has 0 fully saturated rings. The first-order valence-corrected chi connectivity index (χ1v) is 10.9. The van der Waals surface area contributed by atoms with Crippen molar-refractivity contribution in [1.82, 2.24) is 14.9 Å². The maximum atomic E-state index is 12.6. The Hall–Kier alpha value is -2.77. The first-order chi connectivity index (χ1) is 13.8. The molecule has 0 saturated carbocycles. The first-order valence-electron chi connectivity index (χ1n) is 9.37. The van der Waals surface area contributed by atoms with E-state index in [2.05, 4.69) is 14.9 Å². The lowest BCUT2D eigenvalue weighted by molar-refractivity contribution is 0.307. The molecule has 29 heavy (non-hydrogen) atoms. The van der Waals surface area contributed by atoms with Gasteiger partial charge in [-0.25, -0.2) is 13.1 Å². The smallest absolute Gasteiger partial charge is 0.241 e. The first kappa shape index (κ1) is 21.0. The van der Waals surface area contributed by atoms with Crippen LogP contribution < -0.4 is 9.46 Å². The normalized spacial score (nSPS) is 11.4. The predicted octanol–water partition coefficient (Wildman–Crippen LogP) is 3.73. The van der Waals surface area contributed by atoms with Gasteiger partial charge in [-0.05, 0) is 44.9 Å². The van der Waals surface area contributed by atoms with Crippen LogP contribution in [0, 0.1) is 27.7 Å². The summed E-state index contributed by atoms with van der Waals surface area (Å²) in [4.78, 5) is 0.324. The van der Waals surface area contributed by atoms with Gasteiger partial charge in [0.2, 0.25) is 15.9 Å². The van der Waals surface area contributed by atoms with Gasteiger partial charge in [0.15, 0.2) is 0 Å². The molecule has 3 rings (SSSR count). The molecule has 0 saturated heterocycles. The Morgan fingerprint density at radius 1 is 0.862 bits per heavy atom. The highest BCUT2D eigenvalue weighted by Gasteiger charge is 2.19. The molecule has 0 bridgehead atoms. The number of hydrogen-bond donors (Lipinski definition) is 1. The fourth-order valence-electron chi connectivity index (χ4n) is 3.27. The lowest BCUT2D eigenvalue weighted by atomic mass is 10.1. The van der Waals surface area contributed by atoms with Gasteiger partial charge in [0, 0.05) is 18.2 Å². The molecule has 0 aliphatic heterocycles. The van der Waals surface area contributed by atoms with Crippen LogP contribution in [0.4, 0.5) is 0 Å². The summed E-state index contributed by atoms with van der Waals surface area (Å²) in [6.07, 6.45) is 0. The van der Waals surface area contributed by atoms with Crippen molar-refractivity contribution in [2.45, 2.75) is 32.6 Å². The molecule has 0 aliphatic rings. The standard InChI is InChI=1S/C22H25N3O3S/c1-15-5-7-19(8-6-15)20-9-10-21(25-24-20)28-12-11-23-29(26,27)22-17(3)13-16(2)14-18(22)4/h5-10,13-14,23H,11-12H2,1-4H3. The highest BCUT2D eigenvalue weighted by Crippen LogP contribution is 2.21. The van der Waals surface area contributed by atoms with Gasteiger partial charge >= 0.3 is 0 Å². The molecule has 1 aromatic heterocycles. The highest BCUT2D eigenvalue weighted by molar-refractivity contribution is 7.89. The minimum Gasteiger partial charge on any atom is -0.475 e. The van der Waals surface area contributed by atoms with E-state index in [1.54, 1.807) is 19.9 Å². The lowest BCUT2D eigenvalue weighted by Crippen LogP contribution is -2.29. The van der Waals surface area contributed by atoms with E-state index in [0.29, 0.717) is 10.8 Å². The average molecular weight is 412 g/mol. The quantitative estimate of drug-likeness (QED) is 0.599. The van der Waals surface area contributed by atoms with Crippen molar-refractivity contribution in [2.24, 2.45) is 0 Å². The minimum absolute atomic E-state index is 0.135. The van der Waals surface area contributed by atoms with Crippen molar-refractivity contribution in [3.8, 4) is 17.1 Å². The fraction of sp³-hybridized carbons (Fsp3) is 0.273. The molecule has 3 aromatic rings. The van der Waals surface area contributed by atoms with Crippen LogP contribution in [0.15, 0.2) is 53.4 Å². The number of hydrogen-bond acceptors (Lipinski definition) is 5. The monoisotopic (exact) mass is 411 g/mol. The fourth-order valence-corrected chi connectivity index (χ4v) is 4.73. The number of aryl methyl sites for hydroxylation is 4. The zero-order valence-electron chi connectivity index (χ0n) is 17.1. The van der Waals surface area contributed by atoms with Gasteiger partial charge in [0.1, 0.15) is 6.61 Å². The zero-order chi connectivity index (χ0) is 21.0. The predicted molar refractivity (Wildman–Crippen MR) is 114 cm³/mol. The Balaban J connectivity index is 1.57. The van der Waals surface area contributed by atoms with Crippen molar-refractivity contribution < 1.29 is 13.2 Å². The zero-order valence-corrected chi connectivity index (χ0v) is 17.9. The van der Waals surface area contributed by atoms with Crippen LogP contribution in [-0.4, -0.2) is 31.8 Å². The number of nitrogens with one attached hydrogen (secondary N) is 1. The molecule has 0 spiro atoms. The van der Waals surface area contributed by atoms with Crippen LogP contribution in [-0.2, 0) is 10.0 Å². The Labute approximate surface area is 172 Å². The third-order valence-corrected chi connectivity index (χ3v) is 6.27. The SMILES string of the molecule is Cc1ccc(-c2ccc(OCCNS(=O)(=O)c3c(C)cc(C)cc3C)nn2)cc1. The molecule has 152 valence electrons. The Morgan fingerprint density at radius 2 is 1.52 bits per heavy atom. The van der Waals surface area contributed by atoms with Crippen LogP contribution in [0.25, 0.3) is 11.3 Å². The minimum atomic E-state index is -3.61. The van der Waals surface area contributed by atoms with Gasteiger partial charge in [-0.2, -0.15) is 0 Å². The van der Waals surface area contributed by atoms with Crippen LogP contribution in [0.3, 0.4) is 0 Å². The van der Waals surface area contributed by atoms with Gasteiger partial charge in [-0.15, -0.1) is 10.2 Å². The van der Waals surface area contributed by atoms with Gasteiger partial charge in [0.25, 0.3) is 0 Å². The second kappa shape index (κ2) is 8.71. The number of aromatic nitrogens is 2. The van der Waals surface area contributed by atoms with Crippen molar-refractivity contribution in [3.63, 3.8) is 0 Å². The van der Waals surface area contributed by atoms with Crippen LogP contribution in [0.5, 0.6) is 5.88 Å². The van der Waals surface area contributed by atoms with Gasteiger partial charge < -0.3 is 4.74 Å². The van der Waals surface area contributed by atoms with Crippen molar-refractivity contribution in [2.75, 3.05) is 13.2 Å². The van der Waals surface area contributed by atoms with E-state index in [1.165, 1.54) is 5.56 Å². The average Bonchev–Trinajstić information content (AvgIpc) is 2.65. The number of rotatable bonds is 7. The molecular weight excluding hydrogens is 386 g/mol. The highest BCUT2D eigenvalue weighted by atomic mass is 32.2. The van der Waals surface area contributed by atoms with Crippen molar-refractivity contribution in [3.05, 3.63) is 70.8 Å². The summed E-state index contributed by atoms with van der Waals surface area (Å²) in [6, 6.07) is 15.3. The molecule has 0 aliphatic carbocycles. The summed E-state index contributed by atoms with van der Waals surface area (Å²) in [6.45, 7) is 7.87. The van der Waals surface area contributed by atoms with E-state index in [4.69, 9.17) is 4.74 Å². The number of sulfonamides is 1. The van der Waals surface area contributed by atoms with E-state index in [1.807, 2.05) is 56.3 Å². The molecule has 1 N–H and O–H groups in total. The molecule has 2 aromatic carbocycles. The summed E-state index contributed by atoms with van der Waals surface area (Å²) < 4.78 is 33.4. The van der Waals surface area contributed by atoms with E-state index in [0.717, 1.165) is 27.9 Å². The molecule has 0 atom stereocenters. The molecular formula is C22H25N3O3S. The second-order valence-corrected chi connectivity index (χ2v) is 8.80. The summed E-state index contributed by atoms with van der Waals surface area (Å²) in [7, 11) is -3.61. The van der Waals surface area contributed by atoms with Gasteiger partial charge in [-0.3, -0.25) is 0 Å². The van der Waals surface area contributed by atoms with Crippen LogP contribution in [0.1, 0.15) is 22.3 Å². The molecule has 0 unspecified atom stereocenters. The lowest BCUT2D eigenvalue weighted by Gasteiger charge is -2.13. The van der Waals surface area contributed by atoms with E-state index >= 15 is 0 Å². The number of ether oxygens (including phenoxy) is 1. The number of nitrogens with zero attached hydrogens (tertiary/aromatic N) is 2. The largest absolute Gasteiger partial charge is 0.475 e. The van der Waals surface area contributed by atoms with Crippen LogP contribution in [0.2, 0.25) is 0 Å². The third-order valence-electron chi connectivity index (χ3n) is 4.50. The molecule has 7 heteroatoms. The Morgan fingerprint density at radius 3 is 2.10 bits per heavy atom. The van der Waals surface area contributed by atoms with E-state index in [9.17, 15) is 8.42 Å². The van der Waals surface area contributed by atoms with E-state index < -0.39 is 10.0 Å². The van der Waals surface area contributed by atoms with Crippen molar-refractivity contribution >= 4 is 10.0 Å². The van der Waals surface area contributed by atoms with Gasteiger partial charge in [-0.1, -0.05) is 47.5 Å². The molecule has 1 heterocycles. The summed E-state index contributed by atoms with van der Waals surface area (Å²) in [5.41, 5.74) is 5.41. The molecule has 0 radical (unpaired) electrons. The third kappa shape index (κ3) is 5.19. The summed E-state index contributed by atoms with van der Waals surface area (Å²) >= 11 is 0. The summed E-state index contributed by atoms with van der Waals surface area (Å²) in [5.74, 6) is 0.350.